The number of aliphatic hydroxyl groups is 1. The molecule has 0 amide bonds. The van der Waals surface area contributed by atoms with E-state index in [0.717, 1.165) is 17.6 Å². The molecule has 3 aromatic rings. The van der Waals surface area contributed by atoms with E-state index in [1.165, 1.54) is 0 Å². The number of hydrogen-bond acceptors (Lipinski definition) is 7. The molecule has 4 rings (SSSR count). The Labute approximate surface area is 194 Å². The molecule has 12 heteroatoms. The van der Waals surface area contributed by atoms with Crippen LogP contribution in [0.15, 0.2) is 39.5 Å². The molecule has 9 nitrogen and oxygen atoms in total. The summed E-state index contributed by atoms with van der Waals surface area (Å²) in [5, 5.41) is 21.6. The summed E-state index contributed by atoms with van der Waals surface area (Å²) < 4.78 is 22.2. The lowest BCUT2D eigenvalue weighted by atomic mass is 9.85. The van der Waals surface area contributed by atoms with Crippen LogP contribution in [0.2, 0.25) is 5.02 Å². The molecule has 1 aliphatic heterocycles. The number of rotatable bonds is 4. The van der Waals surface area contributed by atoms with Gasteiger partial charge in [-0.15, -0.1) is 0 Å². The second kappa shape index (κ2) is 8.79. The maximum Gasteiger partial charge on any atom is 0.524 e. The second-order valence-corrected chi connectivity index (χ2v) is 9.85. The first-order valence-corrected chi connectivity index (χ1v) is 12.1. The van der Waals surface area contributed by atoms with Crippen LogP contribution >= 0.6 is 19.4 Å². The van der Waals surface area contributed by atoms with Gasteiger partial charge >= 0.3 is 7.82 Å². The number of likely N-dealkylation sites (tertiary alicyclic amines) is 1. The van der Waals surface area contributed by atoms with Gasteiger partial charge in [-0.3, -0.25) is 14.6 Å². The van der Waals surface area contributed by atoms with Gasteiger partial charge in [0.2, 0.25) is 0 Å². The summed E-state index contributed by atoms with van der Waals surface area (Å²) in [6.07, 6.45) is -0.415. The Morgan fingerprint density at radius 3 is 2.64 bits per heavy atom. The first-order valence-electron chi connectivity index (χ1n) is 10.2. The molecule has 1 fully saturated rings. The van der Waals surface area contributed by atoms with E-state index in [4.69, 9.17) is 20.5 Å². The zero-order valence-electron chi connectivity index (χ0n) is 17.9. The first kappa shape index (κ1) is 23.8. The van der Waals surface area contributed by atoms with Crippen molar-refractivity contribution in [2.24, 2.45) is 0 Å². The van der Waals surface area contributed by atoms with Gasteiger partial charge < -0.3 is 24.1 Å². The number of aromatic hydroxyl groups is 1. The van der Waals surface area contributed by atoms with Crippen molar-refractivity contribution in [1.82, 2.24) is 4.90 Å². The van der Waals surface area contributed by atoms with E-state index in [1.807, 2.05) is 19.8 Å². The highest BCUT2D eigenvalue weighted by Gasteiger charge is 2.34. The molecule has 1 aliphatic rings. The fourth-order valence-corrected chi connectivity index (χ4v) is 4.97. The number of β-amino-alcohol motifs (C(OH)–C–C–N with tert-alkyl or cyclic N) is 1. The van der Waals surface area contributed by atoms with Crippen molar-refractivity contribution in [3.63, 3.8) is 0 Å². The number of hydrogen-bond donors (Lipinski definition) is 4. The number of phenols is 1. The van der Waals surface area contributed by atoms with E-state index in [2.05, 4.69) is 0 Å². The SMILES string of the molecule is Bc1ccc(-c2cc(=O)c3c(OP(=O)(O)O)cc(O)c([C@H]4CCN(C)C[C@H]4O)c3o2)c(Cl)c1. The van der Waals surface area contributed by atoms with Crippen molar-refractivity contribution in [1.29, 1.82) is 0 Å². The van der Waals surface area contributed by atoms with Crippen LogP contribution in [-0.2, 0) is 4.57 Å². The number of benzene rings is 2. The molecule has 2 aromatic carbocycles. The highest BCUT2D eigenvalue weighted by molar-refractivity contribution is 7.46. The van der Waals surface area contributed by atoms with Crippen LogP contribution in [0.1, 0.15) is 17.9 Å². The number of piperidine rings is 1. The van der Waals surface area contributed by atoms with Crippen LogP contribution in [-0.4, -0.2) is 59.0 Å². The fraction of sp³-hybridized carbons (Fsp3) is 0.286. The maximum absolute atomic E-state index is 13.1. The van der Waals surface area contributed by atoms with E-state index < -0.39 is 36.8 Å². The van der Waals surface area contributed by atoms with Gasteiger partial charge in [0.15, 0.2) is 5.43 Å². The molecule has 33 heavy (non-hydrogen) atoms. The third-order valence-corrected chi connectivity index (χ3v) is 6.49. The smallest absolute Gasteiger partial charge is 0.507 e. The average molecular weight is 494 g/mol. The van der Waals surface area contributed by atoms with Crippen molar-refractivity contribution in [3.8, 4) is 22.8 Å². The van der Waals surface area contributed by atoms with Gasteiger partial charge in [-0.1, -0.05) is 29.2 Å². The molecule has 4 N–H and O–H groups in total. The number of aliphatic hydroxyl groups excluding tert-OH is 1. The second-order valence-electron chi connectivity index (χ2n) is 8.28. The predicted molar refractivity (Wildman–Crippen MR) is 126 cm³/mol. The summed E-state index contributed by atoms with van der Waals surface area (Å²) in [5.74, 6) is -1.40. The maximum atomic E-state index is 13.1. The Morgan fingerprint density at radius 1 is 1.27 bits per heavy atom. The molecule has 0 saturated carbocycles. The molecule has 0 spiro atoms. The highest BCUT2D eigenvalue weighted by atomic mass is 35.5. The zero-order chi connectivity index (χ0) is 24.1. The lowest BCUT2D eigenvalue weighted by Crippen LogP contribution is -2.40. The number of nitrogens with zero attached hydrogens (tertiary/aromatic N) is 1. The molecule has 0 unspecified atom stereocenters. The Hall–Kier alpha value is -2.33. The van der Waals surface area contributed by atoms with Crippen LogP contribution < -0.4 is 15.4 Å². The van der Waals surface area contributed by atoms with Gasteiger partial charge in [0, 0.05) is 35.7 Å². The monoisotopic (exact) mass is 493 g/mol. The summed E-state index contributed by atoms with van der Waals surface area (Å²) in [7, 11) is -1.34. The van der Waals surface area contributed by atoms with Gasteiger partial charge in [-0.05, 0) is 26.1 Å². The quantitative estimate of drug-likeness (QED) is 0.313. The first-order chi connectivity index (χ1) is 15.4. The van der Waals surface area contributed by atoms with Gasteiger partial charge in [-0.2, -0.15) is 0 Å². The van der Waals surface area contributed by atoms with Crippen molar-refractivity contribution in [3.05, 3.63) is 51.1 Å². The lowest BCUT2D eigenvalue weighted by molar-refractivity contribution is 0.0630. The Balaban J connectivity index is 2.03. The summed E-state index contributed by atoms with van der Waals surface area (Å²) in [4.78, 5) is 33.7. The zero-order valence-corrected chi connectivity index (χ0v) is 19.5. The predicted octanol–water partition coefficient (Wildman–Crippen LogP) is 1.33. The van der Waals surface area contributed by atoms with E-state index in [-0.39, 0.29) is 22.3 Å². The molecule has 174 valence electrons. The number of likely N-dealkylation sites (N-methyl/N-ethyl adjacent to an activating group) is 1. The van der Waals surface area contributed by atoms with Crippen LogP contribution in [0.3, 0.4) is 0 Å². The molecular formula is C21H22BClNO8P. The number of halogens is 1. The molecule has 0 bridgehead atoms. The van der Waals surface area contributed by atoms with Crippen molar-refractivity contribution in [2.45, 2.75) is 18.4 Å². The third kappa shape index (κ3) is 4.82. The average Bonchev–Trinajstić information content (AvgIpc) is 2.67. The molecule has 2 heterocycles. The van der Waals surface area contributed by atoms with Crippen LogP contribution in [0.4, 0.5) is 0 Å². The number of phenolic OH excluding ortho intramolecular Hbond substituents is 1. The minimum atomic E-state index is -5.05. The van der Waals surface area contributed by atoms with Gasteiger partial charge in [0.05, 0.1) is 11.1 Å². The largest absolute Gasteiger partial charge is 0.524 e. The van der Waals surface area contributed by atoms with Crippen LogP contribution in [0.5, 0.6) is 11.5 Å². The van der Waals surface area contributed by atoms with Crippen molar-refractivity contribution >= 4 is 43.7 Å². The van der Waals surface area contributed by atoms with Gasteiger partial charge in [-0.25, -0.2) is 4.57 Å². The molecule has 1 saturated heterocycles. The third-order valence-electron chi connectivity index (χ3n) is 5.75. The molecule has 1 aromatic heterocycles. The molecule has 0 aliphatic carbocycles. The van der Waals surface area contributed by atoms with Crippen molar-refractivity contribution < 1.29 is 33.5 Å². The highest BCUT2D eigenvalue weighted by Crippen LogP contribution is 2.47. The lowest BCUT2D eigenvalue weighted by Gasteiger charge is -2.34. The summed E-state index contributed by atoms with van der Waals surface area (Å²) in [5.41, 5.74) is 0.737. The Morgan fingerprint density at radius 2 is 2.00 bits per heavy atom. The summed E-state index contributed by atoms with van der Waals surface area (Å²) in [6, 6.07) is 7.29. The minimum absolute atomic E-state index is 0.105. The van der Waals surface area contributed by atoms with Crippen LogP contribution in [0, 0.1) is 0 Å². The Bertz CT molecular complexity index is 1340. The molecule has 2 atom stereocenters. The summed E-state index contributed by atoms with van der Waals surface area (Å²) in [6.45, 7) is 0.956. The minimum Gasteiger partial charge on any atom is -0.507 e. The summed E-state index contributed by atoms with van der Waals surface area (Å²) >= 11 is 6.36. The van der Waals surface area contributed by atoms with E-state index >= 15 is 0 Å². The molecule has 0 radical (unpaired) electrons. The Kier molecular flexibility index (Phi) is 6.35. The van der Waals surface area contributed by atoms with Gasteiger partial charge in [0.25, 0.3) is 0 Å². The standard InChI is InChI=1S/C21H22BClNO8P/c1-24-5-4-12(16(27)9-24)19-14(25)8-18(32-33(28,29)30)20-15(26)7-17(31-21(19)20)11-3-2-10(22)6-13(11)23/h2-3,6-8,12,16,25,27H,4-5,9,22H2,1H3,(H2,28,29,30)/t12-,16+/m0/s1. The fourth-order valence-electron chi connectivity index (χ4n) is 4.24. The van der Waals surface area contributed by atoms with E-state index in [1.54, 1.807) is 18.2 Å². The van der Waals surface area contributed by atoms with Crippen LogP contribution in [0.25, 0.3) is 22.3 Å². The van der Waals surface area contributed by atoms with E-state index in [0.29, 0.717) is 30.1 Å². The normalized spacial score (nSPS) is 19.7. The van der Waals surface area contributed by atoms with Crippen molar-refractivity contribution in [2.75, 3.05) is 20.1 Å². The topological polar surface area (TPSA) is 141 Å². The van der Waals surface area contributed by atoms with Gasteiger partial charge in [0.1, 0.15) is 36.1 Å². The number of phosphoric acid groups is 1. The molecular weight excluding hydrogens is 471 g/mol. The number of fused-ring (bicyclic) bond motifs is 1. The van der Waals surface area contributed by atoms with E-state index in [9.17, 15) is 29.4 Å². The number of phosphoric ester groups is 1.